The monoisotopic (exact) mass is 217 g/mol. The van der Waals surface area contributed by atoms with Gasteiger partial charge in [-0.3, -0.25) is 0 Å². The summed E-state index contributed by atoms with van der Waals surface area (Å²) in [5.74, 6) is 0. The van der Waals surface area contributed by atoms with Gasteiger partial charge in [0.2, 0.25) is 0 Å². The van der Waals surface area contributed by atoms with Gasteiger partial charge in [0.1, 0.15) is 0 Å². The summed E-state index contributed by atoms with van der Waals surface area (Å²) in [7, 11) is 0. The third-order valence-corrected chi connectivity index (χ3v) is 2.73. The Morgan fingerprint density at radius 1 is 1.00 bits per heavy atom. The molecule has 15 heavy (non-hydrogen) atoms. The van der Waals surface area contributed by atoms with Crippen LogP contribution in [0.5, 0.6) is 0 Å². The minimum Gasteiger partial charge on any atom is -0.382 e. The van der Waals surface area contributed by atoms with E-state index in [9.17, 15) is 0 Å². The number of benzene rings is 2. The van der Waals surface area contributed by atoms with Gasteiger partial charge in [-0.1, -0.05) is 24.3 Å². The Hall–Kier alpha value is -1.15. The lowest BCUT2D eigenvalue weighted by molar-refractivity contribution is 0.902. The van der Waals surface area contributed by atoms with Crippen LogP contribution in [-0.2, 0) is 0 Å². The Morgan fingerprint density at radius 2 is 1.67 bits per heavy atom. The second-order valence-electron chi connectivity index (χ2n) is 3.98. The number of hydrogen-bond acceptors (Lipinski definition) is 2. The minimum atomic E-state index is 0.444. The predicted molar refractivity (Wildman–Crippen MR) is 70.0 cm³/mol. The quantitative estimate of drug-likeness (QED) is 0.726. The van der Waals surface area contributed by atoms with Gasteiger partial charge in [0.15, 0.2) is 0 Å². The molecule has 0 atom stereocenters. The van der Waals surface area contributed by atoms with Crippen molar-refractivity contribution in [3.8, 4) is 0 Å². The van der Waals surface area contributed by atoms with Gasteiger partial charge in [-0.25, -0.2) is 0 Å². The van der Waals surface area contributed by atoms with Crippen LogP contribution in [0.4, 0.5) is 5.69 Å². The molecule has 0 bridgehead atoms. The van der Waals surface area contributed by atoms with E-state index in [1.807, 2.05) is 12.1 Å². The molecule has 2 aromatic carbocycles. The number of fused-ring (bicyclic) bond motifs is 1. The Kier molecular flexibility index (Phi) is 2.87. The highest BCUT2D eigenvalue weighted by atomic mass is 32.1. The molecular formula is C13H15NS. The molecule has 0 saturated carbocycles. The van der Waals surface area contributed by atoms with Crippen LogP contribution >= 0.6 is 12.6 Å². The third-order valence-electron chi connectivity index (χ3n) is 2.34. The fourth-order valence-electron chi connectivity index (χ4n) is 1.73. The molecule has 0 amide bonds. The van der Waals surface area contributed by atoms with Crippen molar-refractivity contribution in [2.24, 2.45) is 0 Å². The first-order valence-corrected chi connectivity index (χ1v) is 5.60. The van der Waals surface area contributed by atoms with Gasteiger partial charge in [-0.2, -0.15) is 0 Å². The molecule has 2 rings (SSSR count). The second kappa shape index (κ2) is 4.15. The Labute approximate surface area is 95.9 Å². The highest BCUT2D eigenvalue weighted by molar-refractivity contribution is 7.80. The van der Waals surface area contributed by atoms with Crippen LogP contribution in [0.25, 0.3) is 10.8 Å². The van der Waals surface area contributed by atoms with Crippen LogP contribution in [0, 0.1) is 0 Å². The molecule has 0 aliphatic heterocycles. The summed E-state index contributed by atoms with van der Waals surface area (Å²) in [4.78, 5) is 1.03. The SMILES string of the molecule is CC(C)Nc1cccc2c(S)cccc12. The van der Waals surface area contributed by atoms with Crippen molar-refractivity contribution in [2.45, 2.75) is 24.8 Å². The van der Waals surface area contributed by atoms with E-state index in [1.165, 1.54) is 16.5 Å². The van der Waals surface area contributed by atoms with Crippen molar-refractivity contribution in [3.05, 3.63) is 36.4 Å². The molecule has 0 aliphatic rings. The predicted octanol–water partition coefficient (Wildman–Crippen LogP) is 3.95. The van der Waals surface area contributed by atoms with Crippen LogP contribution in [0.1, 0.15) is 13.8 Å². The van der Waals surface area contributed by atoms with Gasteiger partial charge < -0.3 is 5.32 Å². The molecule has 78 valence electrons. The molecule has 2 heteroatoms. The topological polar surface area (TPSA) is 12.0 Å². The molecule has 0 heterocycles. The molecule has 0 radical (unpaired) electrons. The fourth-order valence-corrected chi connectivity index (χ4v) is 2.01. The summed E-state index contributed by atoms with van der Waals surface area (Å²) < 4.78 is 0. The molecular weight excluding hydrogens is 202 g/mol. The van der Waals surface area contributed by atoms with Gasteiger partial charge >= 0.3 is 0 Å². The van der Waals surface area contributed by atoms with E-state index in [-0.39, 0.29) is 0 Å². The van der Waals surface area contributed by atoms with Crippen LogP contribution in [0.2, 0.25) is 0 Å². The van der Waals surface area contributed by atoms with Crippen LogP contribution in [0.15, 0.2) is 41.3 Å². The maximum atomic E-state index is 4.46. The number of rotatable bonds is 2. The molecule has 2 aromatic rings. The summed E-state index contributed by atoms with van der Waals surface area (Å²) in [6.07, 6.45) is 0. The second-order valence-corrected chi connectivity index (χ2v) is 4.46. The summed E-state index contributed by atoms with van der Waals surface area (Å²) in [6.45, 7) is 4.28. The fraction of sp³-hybridized carbons (Fsp3) is 0.231. The van der Waals surface area contributed by atoms with Gasteiger partial charge in [-0.15, -0.1) is 12.6 Å². The van der Waals surface area contributed by atoms with E-state index >= 15 is 0 Å². The molecule has 1 N–H and O–H groups in total. The van der Waals surface area contributed by atoms with Crippen molar-refractivity contribution in [3.63, 3.8) is 0 Å². The average Bonchev–Trinajstić information content (AvgIpc) is 2.19. The van der Waals surface area contributed by atoms with E-state index in [4.69, 9.17) is 0 Å². The van der Waals surface area contributed by atoms with Gasteiger partial charge in [0, 0.05) is 22.0 Å². The smallest absolute Gasteiger partial charge is 0.0422 e. The van der Waals surface area contributed by atoms with Crippen LogP contribution in [-0.4, -0.2) is 6.04 Å². The van der Waals surface area contributed by atoms with Gasteiger partial charge in [0.25, 0.3) is 0 Å². The largest absolute Gasteiger partial charge is 0.382 e. The van der Waals surface area contributed by atoms with Crippen molar-refractivity contribution >= 4 is 29.1 Å². The summed E-state index contributed by atoms with van der Waals surface area (Å²) in [5, 5.41) is 5.88. The zero-order chi connectivity index (χ0) is 10.8. The Morgan fingerprint density at radius 3 is 2.40 bits per heavy atom. The number of nitrogens with one attached hydrogen (secondary N) is 1. The van der Waals surface area contributed by atoms with Gasteiger partial charge in [0.05, 0.1) is 0 Å². The molecule has 0 spiro atoms. The lowest BCUT2D eigenvalue weighted by Crippen LogP contribution is -2.09. The minimum absolute atomic E-state index is 0.444. The lowest BCUT2D eigenvalue weighted by Gasteiger charge is -2.13. The van der Waals surface area contributed by atoms with Crippen molar-refractivity contribution in [1.82, 2.24) is 0 Å². The standard InChI is InChI=1S/C13H15NS/c1-9(2)14-12-7-3-6-11-10(12)5-4-8-13(11)15/h3-9,14-15H,1-2H3. The number of anilines is 1. The van der Waals surface area contributed by atoms with E-state index in [2.05, 4.69) is 56.1 Å². The normalized spacial score (nSPS) is 10.9. The molecule has 0 unspecified atom stereocenters. The summed E-state index contributed by atoms with van der Waals surface area (Å²) >= 11 is 4.46. The highest BCUT2D eigenvalue weighted by Gasteiger charge is 2.03. The van der Waals surface area contributed by atoms with E-state index in [0.29, 0.717) is 6.04 Å². The lowest BCUT2D eigenvalue weighted by atomic mass is 10.1. The van der Waals surface area contributed by atoms with Crippen LogP contribution in [0.3, 0.4) is 0 Å². The highest BCUT2D eigenvalue weighted by Crippen LogP contribution is 2.28. The zero-order valence-corrected chi connectivity index (χ0v) is 9.88. The van der Waals surface area contributed by atoms with Crippen molar-refractivity contribution in [2.75, 3.05) is 5.32 Å². The number of thiol groups is 1. The molecule has 1 nitrogen and oxygen atoms in total. The Balaban J connectivity index is 2.61. The summed E-state index contributed by atoms with van der Waals surface area (Å²) in [5.41, 5.74) is 1.18. The van der Waals surface area contributed by atoms with Crippen LogP contribution < -0.4 is 5.32 Å². The molecule has 0 fully saturated rings. The first kappa shape index (κ1) is 10.4. The average molecular weight is 217 g/mol. The first-order chi connectivity index (χ1) is 7.18. The summed E-state index contributed by atoms with van der Waals surface area (Å²) in [6, 6.07) is 12.9. The zero-order valence-electron chi connectivity index (χ0n) is 8.99. The molecule has 0 aliphatic carbocycles. The Bertz CT molecular complexity index is 477. The maximum Gasteiger partial charge on any atom is 0.0422 e. The number of hydrogen-bond donors (Lipinski definition) is 2. The first-order valence-electron chi connectivity index (χ1n) is 5.16. The molecule has 0 saturated heterocycles. The third kappa shape index (κ3) is 2.10. The maximum absolute atomic E-state index is 4.46. The van der Waals surface area contributed by atoms with E-state index in [0.717, 1.165) is 4.90 Å². The van der Waals surface area contributed by atoms with Gasteiger partial charge in [-0.05, 0) is 31.4 Å². The van der Waals surface area contributed by atoms with Crippen molar-refractivity contribution < 1.29 is 0 Å². The molecule has 0 aromatic heterocycles. The van der Waals surface area contributed by atoms with E-state index in [1.54, 1.807) is 0 Å². The van der Waals surface area contributed by atoms with E-state index < -0.39 is 0 Å². The van der Waals surface area contributed by atoms with Crippen molar-refractivity contribution in [1.29, 1.82) is 0 Å².